The van der Waals surface area contributed by atoms with Crippen LogP contribution in [0.4, 0.5) is 4.39 Å². The molecule has 2 atom stereocenters. The smallest absolute Gasteiger partial charge is 0.251 e. The number of carbonyl (C=O) groups is 1. The third-order valence-electron chi connectivity index (χ3n) is 3.06. The van der Waals surface area contributed by atoms with Gasteiger partial charge in [0, 0.05) is 5.56 Å². The molecule has 20 heavy (non-hydrogen) atoms. The second kappa shape index (κ2) is 6.30. The van der Waals surface area contributed by atoms with Gasteiger partial charge in [0.2, 0.25) is 0 Å². The van der Waals surface area contributed by atoms with Crippen molar-refractivity contribution in [1.29, 1.82) is 0 Å². The third-order valence-corrected chi connectivity index (χ3v) is 3.06. The number of halogens is 1. The van der Waals surface area contributed by atoms with E-state index >= 15 is 0 Å². The summed E-state index contributed by atoms with van der Waals surface area (Å²) < 4.78 is 13.1. The summed E-state index contributed by atoms with van der Waals surface area (Å²) in [4.78, 5) is 12.0. The Labute approximate surface area is 117 Å². The number of hydrogen-bond acceptors (Lipinski definition) is 2. The van der Waals surface area contributed by atoms with Crippen molar-refractivity contribution in [3.05, 3.63) is 71.5 Å². The van der Waals surface area contributed by atoms with E-state index in [1.807, 2.05) is 18.2 Å². The van der Waals surface area contributed by atoms with E-state index in [0.29, 0.717) is 0 Å². The lowest BCUT2D eigenvalue weighted by Crippen LogP contribution is -2.37. The van der Waals surface area contributed by atoms with E-state index in [1.165, 1.54) is 18.2 Å². The Bertz CT molecular complexity index is 586. The van der Waals surface area contributed by atoms with Crippen LogP contribution in [0.5, 0.6) is 0 Å². The first kappa shape index (κ1) is 14.2. The largest absolute Gasteiger partial charge is 0.386 e. The Hall–Kier alpha value is -2.20. The van der Waals surface area contributed by atoms with Crippen molar-refractivity contribution in [2.45, 2.75) is 19.1 Å². The maximum absolute atomic E-state index is 13.1. The topological polar surface area (TPSA) is 49.3 Å². The van der Waals surface area contributed by atoms with Gasteiger partial charge in [0.1, 0.15) is 5.82 Å². The summed E-state index contributed by atoms with van der Waals surface area (Å²) in [5, 5.41) is 12.8. The summed E-state index contributed by atoms with van der Waals surface area (Å²) in [6.45, 7) is 1.70. The summed E-state index contributed by atoms with van der Waals surface area (Å²) in [5.74, 6) is -0.874. The summed E-state index contributed by atoms with van der Waals surface area (Å²) >= 11 is 0. The molecule has 2 aromatic carbocycles. The molecule has 0 unspecified atom stereocenters. The molecule has 2 aromatic rings. The first-order valence-electron chi connectivity index (χ1n) is 6.37. The van der Waals surface area contributed by atoms with Crippen LogP contribution in [0.25, 0.3) is 0 Å². The van der Waals surface area contributed by atoms with Crippen molar-refractivity contribution in [2.75, 3.05) is 0 Å². The minimum Gasteiger partial charge on any atom is -0.386 e. The van der Waals surface area contributed by atoms with Crippen LogP contribution in [0, 0.1) is 5.82 Å². The molecule has 0 heterocycles. The minimum atomic E-state index is -0.811. The van der Waals surface area contributed by atoms with Gasteiger partial charge in [-0.2, -0.15) is 0 Å². The van der Waals surface area contributed by atoms with Gasteiger partial charge < -0.3 is 10.4 Å². The number of carbonyl (C=O) groups excluding carboxylic acids is 1. The van der Waals surface area contributed by atoms with Crippen molar-refractivity contribution in [3.63, 3.8) is 0 Å². The molecule has 0 fully saturated rings. The molecule has 104 valence electrons. The highest BCUT2D eigenvalue weighted by Gasteiger charge is 2.18. The highest BCUT2D eigenvalue weighted by molar-refractivity contribution is 5.94. The van der Waals surface area contributed by atoms with Crippen molar-refractivity contribution >= 4 is 5.91 Å². The van der Waals surface area contributed by atoms with Gasteiger partial charge in [-0.3, -0.25) is 4.79 Å². The second-order valence-electron chi connectivity index (χ2n) is 4.63. The predicted octanol–water partition coefficient (Wildman–Crippen LogP) is 2.68. The second-order valence-corrected chi connectivity index (χ2v) is 4.63. The third kappa shape index (κ3) is 3.42. The Morgan fingerprint density at radius 1 is 1.15 bits per heavy atom. The van der Waals surface area contributed by atoms with E-state index in [4.69, 9.17) is 0 Å². The van der Waals surface area contributed by atoms with Gasteiger partial charge in [0.05, 0.1) is 12.1 Å². The zero-order valence-electron chi connectivity index (χ0n) is 11.1. The van der Waals surface area contributed by atoms with Crippen LogP contribution < -0.4 is 5.32 Å². The zero-order valence-corrected chi connectivity index (χ0v) is 11.1. The number of nitrogens with one attached hydrogen (secondary N) is 1. The minimum absolute atomic E-state index is 0.233. The van der Waals surface area contributed by atoms with Gasteiger partial charge >= 0.3 is 0 Å². The fourth-order valence-corrected chi connectivity index (χ4v) is 1.94. The Balaban J connectivity index is 2.04. The summed E-state index contributed by atoms with van der Waals surface area (Å²) in [5.41, 5.74) is 0.955. The molecular formula is C16H16FNO2. The molecule has 0 saturated heterocycles. The maximum atomic E-state index is 13.1. The van der Waals surface area contributed by atoms with Crippen LogP contribution in [-0.2, 0) is 0 Å². The number of aliphatic hydroxyl groups excluding tert-OH is 1. The standard InChI is InChI=1S/C16H16FNO2/c1-11(15(19)12-6-3-2-4-7-12)18-16(20)13-8-5-9-14(17)10-13/h2-11,15,19H,1H3,(H,18,20)/t11-,15+/m0/s1. The number of rotatable bonds is 4. The Kier molecular flexibility index (Phi) is 4.48. The molecule has 0 aliphatic heterocycles. The highest BCUT2D eigenvalue weighted by Crippen LogP contribution is 2.16. The lowest BCUT2D eigenvalue weighted by molar-refractivity contribution is 0.0851. The van der Waals surface area contributed by atoms with Gasteiger partial charge in [0.25, 0.3) is 5.91 Å². The fraction of sp³-hybridized carbons (Fsp3) is 0.188. The van der Waals surface area contributed by atoms with E-state index < -0.39 is 23.9 Å². The summed E-state index contributed by atoms with van der Waals surface area (Å²) in [7, 11) is 0. The zero-order chi connectivity index (χ0) is 14.5. The number of hydrogen-bond donors (Lipinski definition) is 2. The van der Waals surface area contributed by atoms with Crippen molar-refractivity contribution in [3.8, 4) is 0 Å². The molecule has 1 amide bonds. The van der Waals surface area contributed by atoms with E-state index in [1.54, 1.807) is 19.1 Å². The number of amides is 1. The van der Waals surface area contributed by atoms with Crippen molar-refractivity contribution in [2.24, 2.45) is 0 Å². The average molecular weight is 273 g/mol. The molecule has 0 bridgehead atoms. The highest BCUT2D eigenvalue weighted by atomic mass is 19.1. The molecule has 0 aromatic heterocycles. The van der Waals surface area contributed by atoms with Gasteiger partial charge in [-0.25, -0.2) is 4.39 Å². The molecule has 2 N–H and O–H groups in total. The van der Waals surface area contributed by atoms with Gasteiger partial charge in [-0.05, 0) is 30.7 Å². The molecular weight excluding hydrogens is 257 g/mol. The quantitative estimate of drug-likeness (QED) is 0.899. The molecule has 0 aliphatic rings. The van der Waals surface area contributed by atoms with Crippen LogP contribution in [0.3, 0.4) is 0 Å². The Morgan fingerprint density at radius 2 is 1.85 bits per heavy atom. The Morgan fingerprint density at radius 3 is 2.50 bits per heavy atom. The number of benzene rings is 2. The van der Waals surface area contributed by atoms with Crippen LogP contribution in [-0.4, -0.2) is 17.1 Å². The normalized spacial score (nSPS) is 13.6. The van der Waals surface area contributed by atoms with Crippen LogP contribution >= 0.6 is 0 Å². The molecule has 0 radical (unpaired) electrons. The van der Waals surface area contributed by atoms with Gasteiger partial charge in [-0.1, -0.05) is 36.4 Å². The van der Waals surface area contributed by atoms with Crippen molar-refractivity contribution in [1.82, 2.24) is 5.32 Å². The first-order valence-corrected chi connectivity index (χ1v) is 6.37. The van der Waals surface area contributed by atoms with E-state index in [-0.39, 0.29) is 5.56 Å². The average Bonchev–Trinajstić information content (AvgIpc) is 2.47. The van der Waals surface area contributed by atoms with Crippen LogP contribution in [0.1, 0.15) is 28.9 Å². The van der Waals surface area contributed by atoms with Crippen LogP contribution in [0.2, 0.25) is 0 Å². The molecule has 3 nitrogen and oxygen atoms in total. The lowest BCUT2D eigenvalue weighted by Gasteiger charge is -2.20. The molecule has 0 aliphatic carbocycles. The van der Waals surface area contributed by atoms with E-state index in [9.17, 15) is 14.3 Å². The van der Waals surface area contributed by atoms with Crippen molar-refractivity contribution < 1.29 is 14.3 Å². The molecule has 0 saturated carbocycles. The fourth-order valence-electron chi connectivity index (χ4n) is 1.94. The lowest BCUT2D eigenvalue weighted by atomic mass is 10.0. The van der Waals surface area contributed by atoms with Crippen LogP contribution in [0.15, 0.2) is 54.6 Å². The molecule has 0 spiro atoms. The summed E-state index contributed by atoms with van der Waals surface area (Å²) in [6, 6.07) is 14.0. The van der Waals surface area contributed by atoms with E-state index in [2.05, 4.69) is 5.32 Å². The maximum Gasteiger partial charge on any atom is 0.251 e. The summed E-state index contributed by atoms with van der Waals surface area (Å²) in [6.07, 6.45) is -0.811. The monoisotopic (exact) mass is 273 g/mol. The van der Waals surface area contributed by atoms with Gasteiger partial charge in [0.15, 0.2) is 0 Å². The predicted molar refractivity (Wildman–Crippen MR) is 74.7 cm³/mol. The first-order chi connectivity index (χ1) is 9.58. The molecule has 2 rings (SSSR count). The SMILES string of the molecule is C[C@H](NC(=O)c1cccc(F)c1)[C@@H](O)c1ccccc1. The number of aliphatic hydroxyl groups is 1. The van der Waals surface area contributed by atoms with E-state index in [0.717, 1.165) is 11.6 Å². The van der Waals surface area contributed by atoms with Gasteiger partial charge in [-0.15, -0.1) is 0 Å². The molecule has 4 heteroatoms.